The number of likely N-dealkylation sites (tertiary alicyclic amines) is 1. The van der Waals surface area contributed by atoms with Crippen LogP contribution in [-0.2, 0) is 31.4 Å². The minimum absolute atomic E-state index is 0.0468. The summed E-state index contributed by atoms with van der Waals surface area (Å²) in [5.41, 5.74) is 5.47. The van der Waals surface area contributed by atoms with Gasteiger partial charge in [0, 0.05) is 42.0 Å². The third-order valence-electron chi connectivity index (χ3n) is 10.9. The number of piperidine rings is 1. The number of nitrogens with zero attached hydrogens (tertiary/aromatic N) is 2. The van der Waals surface area contributed by atoms with Crippen molar-refractivity contribution in [1.82, 2.24) is 9.47 Å². The molecule has 9 rings (SSSR count). The largest absolute Gasteiger partial charge is 0.485 e. The summed E-state index contributed by atoms with van der Waals surface area (Å²) >= 11 is 0. The van der Waals surface area contributed by atoms with Gasteiger partial charge in [-0.2, -0.15) is 0 Å². The lowest BCUT2D eigenvalue weighted by Gasteiger charge is -2.63. The van der Waals surface area contributed by atoms with E-state index in [-0.39, 0.29) is 18.8 Å². The van der Waals surface area contributed by atoms with Crippen LogP contribution in [-0.4, -0.2) is 51.0 Å². The van der Waals surface area contributed by atoms with Crippen LogP contribution in [0.2, 0.25) is 0 Å². The zero-order valence-corrected chi connectivity index (χ0v) is 23.3. The van der Waals surface area contributed by atoms with Crippen molar-refractivity contribution < 1.29 is 19.7 Å². The van der Waals surface area contributed by atoms with E-state index in [0.29, 0.717) is 19.6 Å². The van der Waals surface area contributed by atoms with Crippen molar-refractivity contribution in [2.24, 2.45) is 5.92 Å². The van der Waals surface area contributed by atoms with E-state index in [1.165, 1.54) is 29.5 Å². The number of aliphatic hydroxyl groups excluding tert-OH is 1. The normalized spacial score (nSPS) is 29.2. The van der Waals surface area contributed by atoms with Gasteiger partial charge in [0.05, 0.1) is 23.3 Å². The fourth-order valence-corrected chi connectivity index (χ4v) is 8.98. The molecule has 210 valence electrons. The van der Waals surface area contributed by atoms with Crippen LogP contribution >= 0.6 is 0 Å². The molecule has 2 fully saturated rings. The minimum Gasteiger partial charge on any atom is -0.485 e. The Hall–Kier alpha value is -3.32. The lowest BCUT2D eigenvalue weighted by atomic mass is 9.49. The third kappa shape index (κ3) is 3.19. The number of fused-ring (bicyclic) bond motifs is 4. The van der Waals surface area contributed by atoms with Gasteiger partial charge in [-0.25, -0.2) is 0 Å². The molecule has 2 N–H and O–H groups in total. The highest BCUT2D eigenvalue weighted by atomic mass is 16.5. The molecular formula is C35H36N2O4. The summed E-state index contributed by atoms with van der Waals surface area (Å²) in [6.45, 7) is 3.06. The highest BCUT2D eigenvalue weighted by molar-refractivity contribution is 5.87. The van der Waals surface area contributed by atoms with Crippen LogP contribution < -0.4 is 9.47 Å². The monoisotopic (exact) mass is 548 g/mol. The van der Waals surface area contributed by atoms with E-state index in [2.05, 4.69) is 58.0 Å². The average Bonchev–Trinajstić information content (AvgIpc) is 3.67. The molecule has 3 aromatic carbocycles. The molecule has 0 radical (unpaired) electrons. The number of aromatic nitrogens is 1. The second-order valence-electron chi connectivity index (χ2n) is 12.9. The Kier molecular flexibility index (Phi) is 5.10. The minimum atomic E-state index is -0.956. The van der Waals surface area contributed by atoms with Crippen molar-refractivity contribution in [3.8, 4) is 11.5 Å². The number of para-hydroxylation sites is 1. The van der Waals surface area contributed by atoms with Gasteiger partial charge in [0.1, 0.15) is 6.61 Å². The van der Waals surface area contributed by atoms with Crippen molar-refractivity contribution >= 4 is 10.9 Å². The van der Waals surface area contributed by atoms with E-state index in [1.807, 2.05) is 18.2 Å². The SMILES string of the molecule is OCCn1c2c(c3ccccc31)C[C@@]1(O)[C@H]3Cc4ccc(OCc5ccccc5)c5c4[C@@]1(CCN3CC1CC1)[C@H]2O5. The topological polar surface area (TPSA) is 67.1 Å². The predicted octanol–water partition coefficient (Wildman–Crippen LogP) is 4.91. The molecule has 1 aromatic heterocycles. The summed E-state index contributed by atoms with van der Waals surface area (Å²) in [5.74, 6) is 2.33. The number of ether oxygens (including phenoxy) is 2. The predicted molar refractivity (Wildman–Crippen MR) is 156 cm³/mol. The average molecular weight is 549 g/mol. The number of hydrogen-bond donors (Lipinski definition) is 2. The number of hydrogen-bond acceptors (Lipinski definition) is 5. The first-order valence-corrected chi connectivity index (χ1v) is 15.3. The summed E-state index contributed by atoms with van der Waals surface area (Å²) in [5, 5.41) is 24.6. The Morgan fingerprint density at radius 2 is 1.83 bits per heavy atom. The van der Waals surface area contributed by atoms with Crippen molar-refractivity contribution in [3.63, 3.8) is 0 Å². The molecule has 1 saturated carbocycles. The molecule has 3 heterocycles. The molecule has 2 bridgehead atoms. The maximum absolute atomic E-state index is 13.2. The Morgan fingerprint density at radius 3 is 2.66 bits per heavy atom. The molecule has 2 aliphatic heterocycles. The fraction of sp³-hybridized carbons (Fsp3) is 0.429. The molecule has 1 saturated heterocycles. The summed E-state index contributed by atoms with van der Waals surface area (Å²) in [6.07, 6.45) is 4.55. The Morgan fingerprint density at radius 1 is 1.00 bits per heavy atom. The van der Waals surface area contributed by atoms with Gasteiger partial charge in [0.2, 0.25) is 0 Å². The molecule has 0 amide bonds. The molecule has 4 atom stereocenters. The van der Waals surface area contributed by atoms with Crippen molar-refractivity contribution in [1.29, 1.82) is 0 Å². The molecule has 4 aromatic rings. The van der Waals surface area contributed by atoms with E-state index in [9.17, 15) is 10.2 Å². The smallest absolute Gasteiger partial charge is 0.166 e. The molecule has 1 spiro atoms. The summed E-state index contributed by atoms with van der Waals surface area (Å²) in [4.78, 5) is 2.61. The summed E-state index contributed by atoms with van der Waals surface area (Å²) in [6, 6.07) is 23.1. The van der Waals surface area contributed by atoms with Gasteiger partial charge >= 0.3 is 0 Å². The second kappa shape index (κ2) is 8.60. The quantitative estimate of drug-likeness (QED) is 0.344. The third-order valence-corrected chi connectivity index (χ3v) is 10.9. The van der Waals surface area contributed by atoms with Crippen LogP contribution in [0.1, 0.15) is 53.3 Å². The first kappa shape index (κ1) is 24.3. The van der Waals surface area contributed by atoms with E-state index in [1.54, 1.807) is 0 Å². The lowest BCUT2D eigenvalue weighted by Crippen LogP contribution is -2.74. The second-order valence-corrected chi connectivity index (χ2v) is 12.9. The Bertz CT molecular complexity index is 1680. The first-order valence-electron chi connectivity index (χ1n) is 15.3. The standard InChI is InChI=1S/C35H36N2O4/c38-17-16-37-27-9-5-4-8-25(27)26-19-35(39)29-18-24-12-13-28(40-21-23-6-2-1-3-7-23)32-30(24)34(35,33(41-32)31(26)37)14-15-36(29)20-22-10-11-22/h1-9,12-13,22,29,33,38-39H,10-11,14-21H2/t29-,33+,34+,35-/m1/s1. The highest BCUT2D eigenvalue weighted by Gasteiger charge is 2.73. The van der Waals surface area contributed by atoms with Crippen molar-refractivity contribution in [2.45, 2.75) is 68.4 Å². The first-order chi connectivity index (χ1) is 20.1. The van der Waals surface area contributed by atoms with Gasteiger partial charge in [-0.1, -0.05) is 54.6 Å². The molecule has 6 heteroatoms. The maximum Gasteiger partial charge on any atom is 0.166 e. The van der Waals surface area contributed by atoms with Gasteiger partial charge in [0.25, 0.3) is 0 Å². The Balaban J connectivity index is 1.25. The molecule has 5 aliphatic rings. The highest BCUT2D eigenvalue weighted by Crippen LogP contribution is 2.69. The van der Waals surface area contributed by atoms with E-state index < -0.39 is 11.0 Å². The molecule has 3 aliphatic carbocycles. The number of rotatable bonds is 7. The van der Waals surface area contributed by atoms with Gasteiger partial charge < -0.3 is 24.3 Å². The van der Waals surface area contributed by atoms with Gasteiger partial charge in [-0.05, 0) is 67.0 Å². The molecule has 41 heavy (non-hydrogen) atoms. The van der Waals surface area contributed by atoms with Crippen LogP contribution in [0.3, 0.4) is 0 Å². The van der Waals surface area contributed by atoms with Crippen LogP contribution in [0.25, 0.3) is 10.9 Å². The molecule has 0 unspecified atom stereocenters. The maximum atomic E-state index is 13.2. The van der Waals surface area contributed by atoms with Crippen LogP contribution in [0.4, 0.5) is 0 Å². The van der Waals surface area contributed by atoms with Gasteiger partial charge in [0.15, 0.2) is 17.6 Å². The zero-order chi connectivity index (χ0) is 27.3. The van der Waals surface area contributed by atoms with Crippen LogP contribution in [0.5, 0.6) is 11.5 Å². The molecular weight excluding hydrogens is 512 g/mol. The summed E-state index contributed by atoms with van der Waals surface area (Å²) in [7, 11) is 0. The Labute approximate surface area is 240 Å². The van der Waals surface area contributed by atoms with E-state index in [0.717, 1.165) is 65.5 Å². The van der Waals surface area contributed by atoms with Crippen molar-refractivity contribution in [2.75, 3.05) is 19.7 Å². The molecule has 6 nitrogen and oxygen atoms in total. The fourth-order valence-electron chi connectivity index (χ4n) is 8.98. The van der Waals surface area contributed by atoms with E-state index >= 15 is 0 Å². The number of aliphatic hydroxyl groups is 2. The van der Waals surface area contributed by atoms with Crippen molar-refractivity contribution in [3.05, 3.63) is 94.7 Å². The van der Waals surface area contributed by atoms with E-state index in [4.69, 9.17) is 9.47 Å². The van der Waals surface area contributed by atoms with Crippen LogP contribution in [0, 0.1) is 5.92 Å². The van der Waals surface area contributed by atoms with Gasteiger partial charge in [-0.3, -0.25) is 4.90 Å². The van der Waals surface area contributed by atoms with Crippen LogP contribution in [0.15, 0.2) is 66.7 Å². The number of benzene rings is 3. The van der Waals surface area contributed by atoms with Gasteiger partial charge in [-0.15, -0.1) is 0 Å². The summed E-state index contributed by atoms with van der Waals surface area (Å²) < 4.78 is 15.9. The lowest BCUT2D eigenvalue weighted by molar-refractivity contribution is -0.173. The zero-order valence-electron chi connectivity index (χ0n) is 23.3.